The third-order valence-electron chi connectivity index (χ3n) is 3.74. The van der Waals surface area contributed by atoms with Crippen LogP contribution in [-0.4, -0.2) is 33.7 Å². The normalized spacial score (nSPS) is 11.3. The van der Waals surface area contributed by atoms with Gasteiger partial charge in [0.05, 0.1) is 5.69 Å². The zero-order valence-electron chi connectivity index (χ0n) is 13.1. The van der Waals surface area contributed by atoms with Crippen LogP contribution in [0.4, 0.5) is 17.2 Å². The van der Waals surface area contributed by atoms with E-state index in [9.17, 15) is 0 Å². The molecule has 0 radical (unpaired) electrons. The SMILES string of the molecule is Cc1nc2ncnn2c(Nc2ccc3sccc3c2)c1N(C)C. The average molecular weight is 324 g/mol. The lowest BCUT2D eigenvalue weighted by molar-refractivity contribution is 0.922. The van der Waals surface area contributed by atoms with E-state index in [4.69, 9.17) is 0 Å². The first-order valence-electron chi connectivity index (χ1n) is 7.25. The zero-order chi connectivity index (χ0) is 16.0. The van der Waals surface area contributed by atoms with Gasteiger partial charge in [-0.25, -0.2) is 4.98 Å². The van der Waals surface area contributed by atoms with Crippen LogP contribution < -0.4 is 10.2 Å². The number of hydrogen-bond acceptors (Lipinski definition) is 6. The number of nitrogens with one attached hydrogen (secondary N) is 1. The van der Waals surface area contributed by atoms with E-state index in [-0.39, 0.29) is 0 Å². The topological polar surface area (TPSA) is 58.4 Å². The van der Waals surface area contributed by atoms with Crippen molar-refractivity contribution < 1.29 is 0 Å². The van der Waals surface area contributed by atoms with Crippen molar-refractivity contribution in [2.45, 2.75) is 6.92 Å². The van der Waals surface area contributed by atoms with Crippen LogP contribution in [0, 0.1) is 6.92 Å². The summed E-state index contributed by atoms with van der Waals surface area (Å²) in [4.78, 5) is 10.8. The quantitative estimate of drug-likeness (QED) is 0.625. The van der Waals surface area contributed by atoms with Gasteiger partial charge in [0.15, 0.2) is 5.82 Å². The molecule has 0 atom stereocenters. The molecule has 4 rings (SSSR count). The molecule has 7 heteroatoms. The molecule has 0 saturated heterocycles. The Morgan fingerprint density at radius 2 is 2.09 bits per heavy atom. The average Bonchev–Trinajstić information content (AvgIpc) is 3.14. The molecular formula is C16H16N6S. The minimum atomic E-state index is 0.590. The van der Waals surface area contributed by atoms with Crippen molar-refractivity contribution in [1.82, 2.24) is 19.6 Å². The summed E-state index contributed by atoms with van der Waals surface area (Å²) in [5, 5.41) is 11.1. The van der Waals surface area contributed by atoms with E-state index < -0.39 is 0 Å². The Bertz CT molecular complexity index is 1000. The van der Waals surface area contributed by atoms with Crippen LogP contribution in [0.25, 0.3) is 15.9 Å². The zero-order valence-corrected chi connectivity index (χ0v) is 13.9. The molecule has 3 aromatic heterocycles. The minimum absolute atomic E-state index is 0.590. The molecule has 4 aromatic rings. The molecule has 0 saturated carbocycles. The molecule has 0 fully saturated rings. The number of anilines is 3. The van der Waals surface area contributed by atoms with Gasteiger partial charge in [-0.1, -0.05) is 0 Å². The Balaban J connectivity index is 1.89. The van der Waals surface area contributed by atoms with Gasteiger partial charge in [0, 0.05) is 24.5 Å². The number of fused-ring (bicyclic) bond motifs is 2. The molecule has 23 heavy (non-hydrogen) atoms. The van der Waals surface area contributed by atoms with E-state index in [0.29, 0.717) is 5.78 Å². The van der Waals surface area contributed by atoms with Crippen LogP contribution in [0.1, 0.15) is 5.69 Å². The summed E-state index contributed by atoms with van der Waals surface area (Å²) in [6, 6.07) is 8.48. The predicted molar refractivity (Wildman–Crippen MR) is 95.0 cm³/mol. The second-order valence-electron chi connectivity index (χ2n) is 5.56. The van der Waals surface area contributed by atoms with Crippen LogP contribution in [0.2, 0.25) is 0 Å². The summed E-state index contributed by atoms with van der Waals surface area (Å²) in [5.41, 5.74) is 2.92. The Morgan fingerprint density at radius 1 is 1.22 bits per heavy atom. The van der Waals surface area contributed by atoms with Gasteiger partial charge >= 0.3 is 0 Å². The number of thiophene rings is 1. The van der Waals surface area contributed by atoms with Crippen LogP contribution >= 0.6 is 11.3 Å². The Morgan fingerprint density at radius 3 is 2.91 bits per heavy atom. The Hall–Kier alpha value is -2.67. The number of rotatable bonds is 3. The van der Waals surface area contributed by atoms with Crippen molar-refractivity contribution in [3.63, 3.8) is 0 Å². The maximum Gasteiger partial charge on any atom is 0.254 e. The summed E-state index contributed by atoms with van der Waals surface area (Å²) in [6.07, 6.45) is 1.52. The minimum Gasteiger partial charge on any atom is -0.373 e. The van der Waals surface area contributed by atoms with Crippen LogP contribution in [0.3, 0.4) is 0 Å². The summed E-state index contributed by atoms with van der Waals surface area (Å²) < 4.78 is 3.01. The second-order valence-corrected chi connectivity index (χ2v) is 6.51. The smallest absolute Gasteiger partial charge is 0.254 e. The highest BCUT2D eigenvalue weighted by Crippen LogP contribution is 2.32. The molecular weight excluding hydrogens is 308 g/mol. The Labute approximate surface area is 137 Å². The molecule has 1 aromatic carbocycles. The van der Waals surface area contributed by atoms with Crippen molar-refractivity contribution >= 4 is 44.4 Å². The molecule has 0 spiro atoms. The second kappa shape index (κ2) is 5.20. The van der Waals surface area contributed by atoms with Gasteiger partial charge in [0.1, 0.15) is 12.0 Å². The maximum absolute atomic E-state index is 4.51. The molecule has 0 bridgehead atoms. The third-order valence-corrected chi connectivity index (χ3v) is 4.64. The lowest BCUT2D eigenvalue weighted by Crippen LogP contribution is -2.16. The summed E-state index contributed by atoms with van der Waals surface area (Å²) >= 11 is 1.74. The van der Waals surface area contributed by atoms with Crippen molar-refractivity contribution in [3.8, 4) is 0 Å². The van der Waals surface area contributed by atoms with E-state index in [1.54, 1.807) is 15.9 Å². The first kappa shape index (κ1) is 14.0. The molecule has 0 amide bonds. The highest BCUT2D eigenvalue weighted by Gasteiger charge is 2.16. The van der Waals surface area contributed by atoms with E-state index in [0.717, 1.165) is 22.9 Å². The number of hydrogen-bond donors (Lipinski definition) is 1. The lowest BCUT2D eigenvalue weighted by Gasteiger charge is -2.20. The molecule has 6 nitrogen and oxygen atoms in total. The number of benzene rings is 1. The van der Waals surface area contributed by atoms with Gasteiger partial charge < -0.3 is 10.2 Å². The van der Waals surface area contributed by atoms with Gasteiger partial charge in [-0.3, -0.25) is 0 Å². The summed E-state index contributed by atoms with van der Waals surface area (Å²) in [7, 11) is 4.00. The van der Waals surface area contributed by atoms with Gasteiger partial charge in [0.2, 0.25) is 0 Å². The van der Waals surface area contributed by atoms with Gasteiger partial charge in [-0.15, -0.1) is 11.3 Å². The highest BCUT2D eigenvalue weighted by molar-refractivity contribution is 7.17. The Kier molecular flexibility index (Phi) is 3.16. The van der Waals surface area contributed by atoms with Crippen LogP contribution in [0.15, 0.2) is 36.0 Å². The first-order valence-corrected chi connectivity index (χ1v) is 8.13. The standard InChI is InChI=1S/C16H16N6S/c1-10-14(21(2)3)15(22-16(19-10)17-9-18-22)20-12-4-5-13-11(8-12)6-7-23-13/h4-9,20H,1-3H3. The molecule has 1 N–H and O–H groups in total. The number of aryl methyl sites for hydroxylation is 1. The predicted octanol–water partition coefficient (Wildman–Crippen LogP) is 3.46. The van der Waals surface area contributed by atoms with E-state index >= 15 is 0 Å². The van der Waals surface area contributed by atoms with Crippen molar-refractivity contribution in [2.75, 3.05) is 24.3 Å². The van der Waals surface area contributed by atoms with Crippen molar-refractivity contribution in [1.29, 1.82) is 0 Å². The fourth-order valence-corrected chi connectivity index (χ4v) is 3.54. The van der Waals surface area contributed by atoms with E-state index in [2.05, 4.69) is 50.0 Å². The molecule has 0 aliphatic rings. The van der Waals surface area contributed by atoms with Gasteiger partial charge in [-0.2, -0.15) is 14.6 Å². The molecule has 0 aliphatic carbocycles. The van der Waals surface area contributed by atoms with Crippen molar-refractivity contribution in [3.05, 3.63) is 41.7 Å². The molecule has 0 unspecified atom stereocenters. The molecule has 116 valence electrons. The van der Waals surface area contributed by atoms with Gasteiger partial charge in [0.25, 0.3) is 5.78 Å². The lowest BCUT2D eigenvalue weighted by atomic mass is 10.2. The highest BCUT2D eigenvalue weighted by atomic mass is 32.1. The number of nitrogens with zero attached hydrogens (tertiary/aromatic N) is 5. The van der Waals surface area contributed by atoms with Crippen molar-refractivity contribution in [2.24, 2.45) is 0 Å². The fourth-order valence-electron chi connectivity index (χ4n) is 2.77. The molecule has 3 heterocycles. The molecule has 0 aliphatic heterocycles. The van der Waals surface area contributed by atoms with Crippen LogP contribution in [0.5, 0.6) is 0 Å². The van der Waals surface area contributed by atoms with E-state index in [1.807, 2.05) is 25.9 Å². The van der Waals surface area contributed by atoms with E-state index in [1.165, 1.54) is 16.4 Å². The largest absolute Gasteiger partial charge is 0.373 e. The summed E-state index contributed by atoms with van der Waals surface area (Å²) in [6.45, 7) is 1.98. The van der Waals surface area contributed by atoms with Gasteiger partial charge in [-0.05, 0) is 42.0 Å². The monoisotopic (exact) mass is 324 g/mol. The van der Waals surface area contributed by atoms with Crippen LogP contribution in [-0.2, 0) is 0 Å². The third kappa shape index (κ3) is 2.29. The maximum atomic E-state index is 4.51. The first-order chi connectivity index (χ1) is 11.1. The fraction of sp³-hybridized carbons (Fsp3) is 0.188. The number of aromatic nitrogens is 4. The summed E-state index contributed by atoms with van der Waals surface area (Å²) in [5.74, 6) is 1.46.